The summed E-state index contributed by atoms with van der Waals surface area (Å²) in [5.41, 5.74) is 1.25. The number of methoxy groups -OCH3 is 2. The van der Waals surface area contributed by atoms with Crippen LogP contribution in [0.5, 0.6) is 11.5 Å². The van der Waals surface area contributed by atoms with Crippen LogP contribution in [0, 0.1) is 5.82 Å². The highest BCUT2D eigenvalue weighted by molar-refractivity contribution is 5.95. The molecule has 1 aromatic heterocycles. The van der Waals surface area contributed by atoms with Crippen LogP contribution in [-0.2, 0) is 11.2 Å². The summed E-state index contributed by atoms with van der Waals surface area (Å²) in [5.74, 6) is 0.00930. The molecule has 3 aromatic rings. The fourth-order valence-corrected chi connectivity index (χ4v) is 2.62. The monoisotopic (exact) mass is 371 g/mol. The number of hydrogen-bond acceptors (Lipinski definition) is 6. The number of hydrogen-bond donors (Lipinski definition) is 2. The van der Waals surface area contributed by atoms with E-state index in [9.17, 15) is 9.18 Å². The fourth-order valence-electron chi connectivity index (χ4n) is 2.62. The number of H-pyrrole nitrogens is 1. The predicted molar refractivity (Wildman–Crippen MR) is 95.2 cm³/mol. The van der Waals surface area contributed by atoms with E-state index < -0.39 is 5.92 Å². The SMILES string of the molecule is COc1ccc(C[C@@H](C(=O)Nc2ccc(F)cc2)c2nn[nH]n2)c(OC)c1. The van der Waals surface area contributed by atoms with Gasteiger partial charge in [0.05, 0.1) is 14.2 Å². The van der Waals surface area contributed by atoms with E-state index in [1.54, 1.807) is 26.4 Å². The molecule has 0 saturated carbocycles. The Bertz CT molecular complexity index is 900. The van der Waals surface area contributed by atoms with E-state index in [2.05, 4.69) is 25.9 Å². The second kappa shape index (κ2) is 8.26. The van der Waals surface area contributed by atoms with Gasteiger partial charge in [0, 0.05) is 11.8 Å². The zero-order chi connectivity index (χ0) is 19.2. The first kappa shape index (κ1) is 18.3. The normalized spacial score (nSPS) is 11.7. The van der Waals surface area contributed by atoms with Gasteiger partial charge < -0.3 is 14.8 Å². The first-order valence-corrected chi connectivity index (χ1v) is 8.11. The molecule has 0 unspecified atom stereocenters. The number of aromatic amines is 1. The largest absolute Gasteiger partial charge is 0.497 e. The van der Waals surface area contributed by atoms with Gasteiger partial charge in [-0.25, -0.2) is 4.39 Å². The van der Waals surface area contributed by atoms with E-state index in [0.717, 1.165) is 5.56 Å². The van der Waals surface area contributed by atoms with Gasteiger partial charge in [-0.05, 0) is 42.3 Å². The number of aromatic nitrogens is 4. The summed E-state index contributed by atoms with van der Waals surface area (Å²) in [7, 11) is 3.10. The highest BCUT2D eigenvalue weighted by Crippen LogP contribution is 2.29. The van der Waals surface area contributed by atoms with E-state index in [0.29, 0.717) is 17.2 Å². The minimum atomic E-state index is -0.726. The Morgan fingerprint density at radius 3 is 2.59 bits per heavy atom. The number of tetrazole rings is 1. The third kappa shape index (κ3) is 4.38. The minimum Gasteiger partial charge on any atom is -0.497 e. The van der Waals surface area contributed by atoms with Gasteiger partial charge in [-0.3, -0.25) is 4.79 Å². The molecule has 140 valence electrons. The standard InChI is InChI=1S/C18H18FN5O3/c1-26-14-8-3-11(16(10-14)27-2)9-15(17-21-23-24-22-17)18(25)20-13-6-4-12(19)5-7-13/h3-8,10,15H,9H2,1-2H3,(H,20,25)(H,21,22,23,24)/t15-/m1/s1. The maximum absolute atomic E-state index is 13.1. The number of ether oxygens (including phenoxy) is 2. The van der Waals surface area contributed by atoms with E-state index in [1.807, 2.05) is 6.07 Å². The lowest BCUT2D eigenvalue weighted by molar-refractivity contribution is -0.117. The molecular weight excluding hydrogens is 353 g/mol. The molecule has 0 aliphatic carbocycles. The van der Waals surface area contributed by atoms with E-state index in [1.165, 1.54) is 24.3 Å². The van der Waals surface area contributed by atoms with Gasteiger partial charge >= 0.3 is 0 Å². The molecule has 8 nitrogen and oxygen atoms in total. The second-order valence-electron chi connectivity index (χ2n) is 5.70. The van der Waals surface area contributed by atoms with Crippen LogP contribution in [0.1, 0.15) is 17.3 Å². The third-order valence-electron chi connectivity index (χ3n) is 4.02. The van der Waals surface area contributed by atoms with Gasteiger partial charge in [0.15, 0.2) is 5.82 Å². The molecule has 0 spiro atoms. The van der Waals surface area contributed by atoms with Gasteiger partial charge in [-0.1, -0.05) is 11.3 Å². The summed E-state index contributed by atoms with van der Waals surface area (Å²) >= 11 is 0. The molecule has 27 heavy (non-hydrogen) atoms. The van der Waals surface area contributed by atoms with Crippen LogP contribution in [-0.4, -0.2) is 40.8 Å². The Morgan fingerprint density at radius 1 is 1.19 bits per heavy atom. The first-order chi connectivity index (χ1) is 13.1. The van der Waals surface area contributed by atoms with Gasteiger partial charge in [-0.2, -0.15) is 5.21 Å². The van der Waals surface area contributed by atoms with Crippen LogP contribution < -0.4 is 14.8 Å². The Hall–Kier alpha value is -3.49. The summed E-state index contributed by atoms with van der Waals surface area (Å²) in [6.45, 7) is 0. The Morgan fingerprint density at radius 2 is 1.96 bits per heavy atom. The van der Waals surface area contributed by atoms with Crippen LogP contribution in [0.4, 0.5) is 10.1 Å². The van der Waals surface area contributed by atoms with Crippen molar-refractivity contribution in [2.24, 2.45) is 0 Å². The van der Waals surface area contributed by atoms with Crippen LogP contribution in [0.25, 0.3) is 0 Å². The molecular formula is C18H18FN5O3. The summed E-state index contributed by atoms with van der Waals surface area (Å²) in [5, 5.41) is 16.5. The molecule has 2 aromatic carbocycles. The fraction of sp³-hybridized carbons (Fsp3) is 0.222. The van der Waals surface area contributed by atoms with Crippen LogP contribution in [0.15, 0.2) is 42.5 Å². The average Bonchev–Trinajstić information content (AvgIpc) is 3.22. The van der Waals surface area contributed by atoms with Crippen molar-refractivity contribution in [2.75, 3.05) is 19.5 Å². The van der Waals surface area contributed by atoms with Crippen molar-refractivity contribution < 1.29 is 18.7 Å². The number of amides is 1. The van der Waals surface area contributed by atoms with Crippen molar-refractivity contribution >= 4 is 11.6 Å². The zero-order valence-corrected chi connectivity index (χ0v) is 14.8. The molecule has 9 heteroatoms. The second-order valence-corrected chi connectivity index (χ2v) is 5.70. The molecule has 0 saturated heterocycles. The number of halogens is 1. The third-order valence-corrected chi connectivity index (χ3v) is 4.02. The van der Waals surface area contributed by atoms with E-state index in [4.69, 9.17) is 9.47 Å². The lowest BCUT2D eigenvalue weighted by Crippen LogP contribution is -2.24. The zero-order valence-electron chi connectivity index (χ0n) is 14.8. The molecule has 1 amide bonds. The molecule has 0 fully saturated rings. The topological polar surface area (TPSA) is 102 Å². The molecule has 3 rings (SSSR count). The first-order valence-electron chi connectivity index (χ1n) is 8.11. The average molecular weight is 371 g/mol. The molecule has 2 N–H and O–H groups in total. The number of anilines is 1. The maximum Gasteiger partial charge on any atom is 0.235 e. The van der Waals surface area contributed by atoms with Crippen molar-refractivity contribution in [1.82, 2.24) is 20.6 Å². The van der Waals surface area contributed by atoms with Crippen LogP contribution in [0.2, 0.25) is 0 Å². The van der Waals surface area contributed by atoms with Crippen LogP contribution >= 0.6 is 0 Å². The molecule has 0 bridgehead atoms. The number of carbonyl (C=O) groups is 1. The Kier molecular flexibility index (Phi) is 5.60. The lowest BCUT2D eigenvalue weighted by atomic mass is 9.96. The number of nitrogens with zero attached hydrogens (tertiary/aromatic N) is 3. The summed E-state index contributed by atoms with van der Waals surface area (Å²) in [6.07, 6.45) is 0.278. The van der Waals surface area contributed by atoms with E-state index in [-0.39, 0.29) is 24.0 Å². The van der Waals surface area contributed by atoms with Crippen molar-refractivity contribution in [2.45, 2.75) is 12.3 Å². The highest BCUT2D eigenvalue weighted by atomic mass is 19.1. The quantitative estimate of drug-likeness (QED) is 0.661. The van der Waals surface area contributed by atoms with Gasteiger partial charge in [0.25, 0.3) is 0 Å². The van der Waals surface area contributed by atoms with Gasteiger partial charge in [-0.15, -0.1) is 10.2 Å². The maximum atomic E-state index is 13.1. The smallest absolute Gasteiger partial charge is 0.235 e. The number of carbonyl (C=O) groups excluding carboxylic acids is 1. The van der Waals surface area contributed by atoms with Gasteiger partial charge in [0.2, 0.25) is 5.91 Å². The van der Waals surface area contributed by atoms with E-state index >= 15 is 0 Å². The summed E-state index contributed by atoms with van der Waals surface area (Å²) < 4.78 is 23.7. The Balaban J connectivity index is 1.86. The minimum absolute atomic E-state index is 0.243. The summed E-state index contributed by atoms with van der Waals surface area (Å²) in [4.78, 5) is 12.8. The number of rotatable bonds is 7. The molecule has 0 aliphatic heterocycles. The molecule has 0 radical (unpaired) electrons. The van der Waals surface area contributed by atoms with Gasteiger partial charge in [0.1, 0.15) is 23.2 Å². The van der Waals surface area contributed by atoms with Crippen molar-refractivity contribution in [1.29, 1.82) is 0 Å². The molecule has 0 aliphatic rings. The Labute approximate surface area is 154 Å². The van der Waals surface area contributed by atoms with Crippen molar-refractivity contribution in [3.8, 4) is 11.5 Å². The number of nitrogens with one attached hydrogen (secondary N) is 2. The van der Waals surface area contributed by atoms with Crippen LogP contribution in [0.3, 0.4) is 0 Å². The van der Waals surface area contributed by atoms with Crippen molar-refractivity contribution in [3.63, 3.8) is 0 Å². The summed E-state index contributed by atoms with van der Waals surface area (Å²) in [6, 6.07) is 10.8. The highest BCUT2D eigenvalue weighted by Gasteiger charge is 2.27. The lowest BCUT2D eigenvalue weighted by Gasteiger charge is -2.16. The molecule has 1 heterocycles. The van der Waals surface area contributed by atoms with Crippen molar-refractivity contribution in [3.05, 3.63) is 59.7 Å². The molecule has 1 atom stereocenters. The predicted octanol–water partition coefficient (Wildman–Crippen LogP) is 2.32. The number of benzene rings is 2.